The van der Waals surface area contributed by atoms with Crippen LogP contribution in [0.25, 0.3) is 11.3 Å². The lowest BCUT2D eigenvalue weighted by molar-refractivity contribution is -0.385. The molecule has 0 unspecified atom stereocenters. The summed E-state index contributed by atoms with van der Waals surface area (Å²) in [5.74, 6) is -0.770. The fraction of sp³-hybridized carbons (Fsp3) is 0.150. The molecular weight excluding hydrogens is 379 g/mol. The third-order valence-electron chi connectivity index (χ3n) is 4.31. The Hall–Kier alpha value is -3.88. The molecule has 29 heavy (non-hydrogen) atoms. The van der Waals surface area contributed by atoms with Gasteiger partial charge < -0.3 is 5.32 Å². The van der Waals surface area contributed by atoms with Crippen molar-refractivity contribution in [2.75, 3.05) is 6.54 Å². The van der Waals surface area contributed by atoms with E-state index >= 15 is 0 Å². The van der Waals surface area contributed by atoms with E-state index in [-0.39, 0.29) is 30.2 Å². The fourth-order valence-electron chi connectivity index (χ4n) is 2.77. The Morgan fingerprint density at radius 3 is 2.55 bits per heavy atom. The molecular formula is C20H17FN4O4. The lowest BCUT2D eigenvalue weighted by Gasteiger charge is -2.09. The summed E-state index contributed by atoms with van der Waals surface area (Å²) in [5, 5.41) is 13.5. The molecule has 0 saturated carbocycles. The third-order valence-corrected chi connectivity index (χ3v) is 4.31. The SMILES string of the molecule is Cc1cc(C(=O)NCCn2cnc(-c3ccc(F)cc3)cc2=O)ccc1[N+](=O)[O-]. The maximum absolute atomic E-state index is 13.0. The number of rotatable bonds is 6. The maximum atomic E-state index is 13.0. The predicted octanol–water partition coefficient (Wildman–Crippen LogP) is 2.70. The third kappa shape index (κ3) is 4.70. The van der Waals surface area contributed by atoms with Gasteiger partial charge in [-0.05, 0) is 43.3 Å². The van der Waals surface area contributed by atoms with Crippen molar-refractivity contribution < 1.29 is 14.1 Å². The Morgan fingerprint density at radius 2 is 1.93 bits per heavy atom. The molecule has 0 radical (unpaired) electrons. The molecule has 1 N–H and O–H groups in total. The second-order valence-corrected chi connectivity index (χ2v) is 6.33. The van der Waals surface area contributed by atoms with Crippen molar-refractivity contribution >= 4 is 11.6 Å². The van der Waals surface area contributed by atoms with Gasteiger partial charge in [-0.25, -0.2) is 9.37 Å². The van der Waals surface area contributed by atoms with E-state index < -0.39 is 10.8 Å². The average molecular weight is 396 g/mol. The number of amides is 1. The summed E-state index contributed by atoms with van der Waals surface area (Å²) in [6.45, 7) is 1.93. The molecule has 1 heterocycles. The Bertz CT molecular complexity index is 1130. The summed E-state index contributed by atoms with van der Waals surface area (Å²) in [4.78, 5) is 39.0. The van der Waals surface area contributed by atoms with Crippen molar-refractivity contribution in [3.63, 3.8) is 0 Å². The van der Waals surface area contributed by atoms with Crippen LogP contribution in [0.4, 0.5) is 10.1 Å². The van der Waals surface area contributed by atoms with E-state index in [2.05, 4.69) is 10.3 Å². The minimum Gasteiger partial charge on any atom is -0.350 e. The van der Waals surface area contributed by atoms with E-state index in [0.29, 0.717) is 22.4 Å². The van der Waals surface area contributed by atoms with Crippen molar-refractivity contribution in [1.82, 2.24) is 14.9 Å². The summed E-state index contributed by atoms with van der Waals surface area (Å²) in [5.41, 5.74) is 1.37. The van der Waals surface area contributed by atoms with Gasteiger partial charge in [-0.2, -0.15) is 0 Å². The average Bonchev–Trinajstić information content (AvgIpc) is 2.69. The monoisotopic (exact) mass is 396 g/mol. The minimum absolute atomic E-state index is 0.0552. The molecule has 0 atom stereocenters. The van der Waals surface area contributed by atoms with Crippen LogP contribution in [0.15, 0.2) is 59.7 Å². The second-order valence-electron chi connectivity index (χ2n) is 6.33. The van der Waals surface area contributed by atoms with Gasteiger partial charge in [-0.1, -0.05) is 0 Å². The van der Waals surface area contributed by atoms with Gasteiger partial charge in [0.2, 0.25) is 0 Å². The molecule has 0 fully saturated rings. The van der Waals surface area contributed by atoms with Gasteiger partial charge in [0, 0.05) is 41.9 Å². The van der Waals surface area contributed by atoms with Gasteiger partial charge in [-0.15, -0.1) is 0 Å². The molecule has 2 aromatic carbocycles. The van der Waals surface area contributed by atoms with Crippen molar-refractivity contribution in [3.05, 3.63) is 92.3 Å². The molecule has 0 saturated heterocycles. The van der Waals surface area contributed by atoms with Crippen LogP contribution in [-0.2, 0) is 6.54 Å². The summed E-state index contributed by atoms with van der Waals surface area (Å²) >= 11 is 0. The highest BCUT2D eigenvalue weighted by Gasteiger charge is 2.13. The first-order valence-electron chi connectivity index (χ1n) is 8.71. The molecule has 0 aliphatic carbocycles. The number of halogens is 1. The standard InChI is InChI=1S/C20H17FN4O4/c1-13-10-15(4-7-18(13)25(28)29)20(27)22-8-9-24-12-23-17(11-19(24)26)14-2-5-16(21)6-3-14/h2-7,10-12H,8-9H2,1H3,(H,22,27). The van der Waals surface area contributed by atoms with Crippen LogP contribution in [-0.4, -0.2) is 26.9 Å². The van der Waals surface area contributed by atoms with E-state index in [1.807, 2.05) is 0 Å². The fourth-order valence-corrected chi connectivity index (χ4v) is 2.77. The molecule has 0 bridgehead atoms. The van der Waals surface area contributed by atoms with Crippen LogP contribution in [0.3, 0.4) is 0 Å². The predicted molar refractivity (Wildman–Crippen MR) is 104 cm³/mol. The highest BCUT2D eigenvalue weighted by molar-refractivity contribution is 5.94. The second kappa shape index (κ2) is 8.42. The van der Waals surface area contributed by atoms with E-state index in [4.69, 9.17) is 0 Å². The van der Waals surface area contributed by atoms with Gasteiger partial charge in [0.05, 0.1) is 16.9 Å². The van der Waals surface area contributed by atoms with Crippen LogP contribution in [0.1, 0.15) is 15.9 Å². The minimum atomic E-state index is -0.508. The highest BCUT2D eigenvalue weighted by Crippen LogP contribution is 2.18. The number of aromatic nitrogens is 2. The Labute approximate surface area is 164 Å². The summed E-state index contributed by atoms with van der Waals surface area (Å²) < 4.78 is 14.3. The maximum Gasteiger partial charge on any atom is 0.272 e. The molecule has 148 valence electrons. The van der Waals surface area contributed by atoms with Crippen molar-refractivity contribution in [1.29, 1.82) is 0 Å². The molecule has 9 heteroatoms. The summed E-state index contributed by atoms with van der Waals surface area (Å²) in [6, 6.07) is 11.1. The van der Waals surface area contributed by atoms with Gasteiger partial charge in [0.1, 0.15) is 5.82 Å². The largest absolute Gasteiger partial charge is 0.350 e. The quantitative estimate of drug-likeness (QED) is 0.509. The van der Waals surface area contributed by atoms with Gasteiger partial charge >= 0.3 is 0 Å². The van der Waals surface area contributed by atoms with E-state index in [1.165, 1.54) is 59.4 Å². The topological polar surface area (TPSA) is 107 Å². The van der Waals surface area contributed by atoms with Crippen LogP contribution in [0.5, 0.6) is 0 Å². The number of hydrogen-bond donors (Lipinski definition) is 1. The van der Waals surface area contributed by atoms with E-state index in [0.717, 1.165) is 0 Å². The number of nitrogens with one attached hydrogen (secondary N) is 1. The van der Waals surface area contributed by atoms with Crippen LogP contribution in [0.2, 0.25) is 0 Å². The van der Waals surface area contributed by atoms with Crippen LogP contribution >= 0.6 is 0 Å². The smallest absolute Gasteiger partial charge is 0.272 e. The number of hydrogen-bond acceptors (Lipinski definition) is 5. The first-order valence-corrected chi connectivity index (χ1v) is 8.71. The number of aryl methyl sites for hydroxylation is 1. The Balaban J connectivity index is 1.62. The van der Waals surface area contributed by atoms with Gasteiger partial charge in [0.15, 0.2) is 0 Å². The van der Waals surface area contributed by atoms with Gasteiger partial charge in [0.25, 0.3) is 17.2 Å². The van der Waals surface area contributed by atoms with Crippen molar-refractivity contribution in [3.8, 4) is 11.3 Å². The summed E-state index contributed by atoms with van der Waals surface area (Å²) in [7, 11) is 0. The van der Waals surface area contributed by atoms with E-state index in [1.54, 1.807) is 6.92 Å². The zero-order valence-corrected chi connectivity index (χ0v) is 15.5. The molecule has 0 aliphatic heterocycles. The first kappa shape index (κ1) is 19.9. The number of carbonyl (C=O) groups is 1. The van der Waals surface area contributed by atoms with E-state index in [9.17, 15) is 24.1 Å². The zero-order chi connectivity index (χ0) is 21.0. The zero-order valence-electron chi connectivity index (χ0n) is 15.5. The number of nitro benzene ring substituents is 1. The summed E-state index contributed by atoms with van der Waals surface area (Å²) in [6.07, 6.45) is 1.36. The molecule has 1 amide bonds. The molecule has 3 aromatic rings. The molecule has 3 rings (SSSR count). The molecule has 1 aromatic heterocycles. The Kier molecular flexibility index (Phi) is 5.77. The number of nitrogens with zero attached hydrogens (tertiary/aromatic N) is 3. The normalized spacial score (nSPS) is 10.6. The van der Waals surface area contributed by atoms with Crippen molar-refractivity contribution in [2.24, 2.45) is 0 Å². The first-order chi connectivity index (χ1) is 13.8. The number of carbonyl (C=O) groups excluding carboxylic acids is 1. The lowest BCUT2D eigenvalue weighted by atomic mass is 10.1. The molecule has 0 aliphatic rings. The van der Waals surface area contributed by atoms with Crippen LogP contribution < -0.4 is 10.9 Å². The van der Waals surface area contributed by atoms with Crippen molar-refractivity contribution in [2.45, 2.75) is 13.5 Å². The lowest BCUT2D eigenvalue weighted by Crippen LogP contribution is -2.30. The van der Waals surface area contributed by atoms with Gasteiger partial charge in [-0.3, -0.25) is 24.3 Å². The van der Waals surface area contributed by atoms with Crippen LogP contribution in [0, 0.1) is 22.9 Å². The number of benzene rings is 2. The molecule has 0 spiro atoms. The molecule has 8 nitrogen and oxygen atoms in total. The number of nitro groups is 1. The Morgan fingerprint density at radius 1 is 1.21 bits per heavy atom. The highest BCUT2D eigenvalue weighted by atomic mass is 19.1.